The lowest BCUT2D eigenvalue weighted by Crippen LogP contribution is -2.40. The van der Waals surface area contributed by atoms with Gasteiger partial charge < -0.3 is 25.0 Å². The average Bonchev–Trinajstić information content (AvgIpc) is 2.87. The summed E-state index contributed by atoms with van der Waals surface area (Å²) in [6, 6.07) is 12.8. The Bertz CT molecular complexity index is 918. The third-order valence-electron chi connectivity index (χ3n) is 5.22. The van der Waals surface area contributed by atoms with E-state index in [0.29, 0.717) is 29.4 Å². The summed E-state index contributed by atoms with van der Waals surface area (Å²) in [4.78, 5) is 27.5. The number of amides is 2. The molecule has 31 heavy (non-hydrogen) atoms. The molecule has 0 unspecified atom stereocenters. The zero-order valence-corrected chi connectivity index (χ0v) is 18.7. The number of carbonyl (C=O) groups is 2. The maximum Gasteiger partial charge on any atom is 0.407 e. The summed E-state index contributed by atoms with van der Waals surface area (Å²) in [6.07, 6.45) is -0.334. The Morgan fingerprint density at radius 3 is 2.65 bits per heavy atom. The second-order valence-corrected chi connectivity index (χ2v) is 8.22. The van der Waals surface area contributed by atoms with Crippen LogP contribution in [0.4, 0.5) is 10.5 Å². The second-order valence-electron chi connectivity index (χ2n) is 7.78. The molecule has 1 heterocycles. The van der Waals surface area contributed by atoms with Gasteiger partial charge in [0.1, 0.15) is 5.75 Å². The minimum absolute atomic E-state index is 0.370. The number of alkyl carbamates (subject to hydrolysis) is 1. The fraction of sp³-hybridized carbons (Fsp3) is 0.391. The number of anilines is 1. The summed E-state index contributed by atoms with van der Waals surface area (Å²) in [5.74, 6) is -0.0372. The highest BCUT2D eigenvalue weighted by Gasteiger charge is 2.36. The molecule has 2 aromatic carbocycles. The molecular formula is C23H28ClN3O4. The largest absolute Gasteiger partial charge is 0.497 e. The quantitative estimate of drug-likeness (QED) is 0.635. The van der Waals surface area contributed by atoms with Crippen molar-refractivity contribution in [3.8, 4) is 5.75 Å². The van der Waals surface area contributed by atoms with Crippen LogP contribution in [-0.4, -0.2) is 57.3 Å². The van der Waals surface area contributed by atoms with Gasteiger partial charge in [-0.05, 0) is 74.9 Å². The molecule has 166 valence electrons. The van der Waals surface area contributed by atoms with E-state index in [4.69, 9.17) is 21.1 Å². The van der Waals surface area contributed by atoms with Crippen LogP contribution < -0.4 is 15.4 Å². The van der Waals surface area contributed by atoms with Crippen LogP contribution >= 0.6 is 11.6 Å². The van der Waals surface area contributed by atoms with E-state index in [-0.39, 0.29) is 11.8 Å². The number of fused-ring (bicyclic) bond motifs is 1. The van der Waals surface area contributed by atoms with Gasteiger partial charge in [-0.25, -0.2) is 4.79 Å². The van der Waals surface area contributed by atoms with Gasteiger partial charge in [0.2, 0.25) is 0 Å². The van der Waals surface area contributed by atoms with E-state index in [1.807, 2.05) is 49.3 Å². The molecule has 0 radical (unpaired) electrons. The molecule has 1 aliphatic rings. The molecule has 2 amide bonds. The summed E-state index contributed by atoms with van der Waals surface area (Å²) < 4.78 is 10.9. The smallest absolute Gasteiger partial charge is 0.407 e. The van der Waals surface area contributed by atoms with Gasteiger partial charge in [0.05, 0.1) is 7.11 Å². The summed E-state index contributed by atoms with van der Waals surface area (Å²) in [6.45, 7) is 1.31. The lowest BCUT2D eigenvalue weighted by molar-refractivity contribution is -0.125. The number of ether oxygens (including phenoxy) is 2. The summed E-state index contributed by atoms with van der Waals surface area (Å²) >= 11 is 6.19. The Labute approximate surface area is 187 Å². The van der Waals surface area contributed by atoms with Gasteiger partial charge in [0, 0.05) is 23.2 Å². The first-order valence-corrected chi connectivity index (χ1v) is 10.6. The lowest BCUT2D eigenvalue weighted by atomic mass is 9.87. The molecule has 2 N–H and O–H groups in total. The van der Waals surface area contributed by atoms with Crippen LogP contribution in [0.5, 0.6) is 5.75 Å². The van der Waals surface area contributed by atoms with Crippen molar-refractivity contribution in [2.75, 3.05) is 39.6 Å². The highest BCUT2D eigenvalue weighted by Crippen LogP contribution is 2.35. The van der Waals surface area contributed by atoms with E-state index in [0.717, 1.165) is 24.1 Å². The van der Waals surface area contributed by atoms with E-state index in [1.54, 1.807) is 19.2 Å². The monoisotopic (exact) mass is 445 g/mol. The van der Waals surface area contributed by atoms with Crippen molar-refractivity contribution in [1.29, 1.82) is 0 Å². The third-order valence-corrected chi connectivity index (χ3v) is 5.45. The molecule has 0 bridgehead atoms. The SMILES string of the molecule is COc1ccc([C@@H]2Cc3cc(Cl)ccc3NC(=O)[C@@H]2OC(=O)NCCCN(C)C)cc1. The van der Waals surface area contributed by atoms with Crippen LogP contribution in [0.15, 0.2) is 42.5 Å². The Morgan fingerprint density at radius 2 is 1.97 bits per heavy atom. The number of halogens is 1. The fourth-order valence-corrected chi connectivity index (χ4v) is 3.80. The van der Waals surface area contributed by atoms with E-state index >= 15 is 0 Å². The Morgan fingerprint density at radius 1 is 1.23 bits per heavy atom. The van der Waals surface area contributed by atoms with E-state index in [1.165, 1.54) is 0 Å². The van der Waals surface area contributed by atoms with E-state index in [9.17, 15) is 9.59 Å². The van der Waals surface area contributed by atoms with Gasteiger partial charge in [0.25, 0.3) is 5.91 Å². The lowest BCUT2D eigenvalue weighted by Gasteiger charge is -2.24. The Kier molecular flexibility index (Phi) is 7.76. The number of hydrogen-bond acceptors (Lipinski definition) is 5. The number of nitrogens with zero attached hydrogens (tertiary/aromatic N) is 1. The number of carbonyl (C=O) groups excluding carboxylic acids is 2. The van der Waals surface area contributed by atoms with Crippen molar-refractivity contribution in [1.82, 2.24) is 10.2 Å². The Hall–Kier alpha value is -2.77. The topological polar surface area (TPSA) is 79.9 Å². The van der Waals surface area contributed by atoms with Gasteiger partial charge >= 0.3 is 6.09 Å². The number of methoxy groups -OCH3 is 1. The summed E-state index contributed by atoms with van der Waals surface area (Å²) in [5, 5.41) is 6.20. The molecule has 0 saturated carbocycles. The molecule has 0 saturated heterocycles. The number of rotatable bonds is 7. The van der Waals surface area contributed by atoms with Crippen molar-refractivity contribution >= 4 is 29.3 Å². The van der Waals surface area contributed by atoms with E-state index in [2.05, 4.69) is 10.6 Å². The van der Waals surface area contributed by atoms with Crippen molar-refractivity contribution < 1.29 is 19.1 Å². The molecule has 7 nitrogen and oxygen atoms in total. The van der Waals surface area contributed by atoms with Crippen LogP contribution in [0.3, 0.4) is 0 Å². The fourth-order valence-electron chi connectivity index (χ4n) is 3.61. The second kappa shape index (κ2) is 10.5. The van der Waals surface area contributed by atoms with Crippen LogP contribution in [-0.2, 0) is 16.0 Å². The Balaban J connectivity index is 1.83. The first-order chi connectivity index (χ1) is 14.9. The molecule has 3 rings (SSSR count). The van der Waals surface area contributed by atoms with Gasteiger partial charge in [-0.15, -0.1) is 0 Å². The maximum absolute atomic E-state index is 13.0. The van der Waals surface area contributed by atoms with Crippen molar-refractivity contribution in [3.05, 3.63) is 58.6 Å². The average molecular weight is 446 g/mol. The normalized spacial score (nSPS) is 18.0. The standard InChI is InChI=1S/C23H28ClN3O4/c1-27(2)12-4-11-25-23(29)31-21-19(15-5-8-18(30-3)9-6-15)14-16-13-17(24)7-10-20(16)26-22(21)28/h5-10,13,19,21H,4,11-12,14H2,1-3H3,(H,25,29)(H,26,28)/t19-,21+/m0/s1. The highest BCUT2D eigenvalue weighted by atomic mass is 35.5. The van der Waals surface area contributed by atoms with Crippen molar-refractivity contribution in [3.63, 3.8) is 0 Å². The van der Waals surface area contributed by atoms with Crippen molar-refractivity contribution in [2.24, 2.45) is 0 Å². The highest BCUT2D eigenvalue weighted by molar-refractivity contribution is 6.30. The first-order valence-electron chi connectivity index (χ1n) is 10.2. The molecule has 0 aromatic heterocycles. The van der Waals surface area contributed by atoms with Gasteiger partial charge in [-0.1, -0.05) is 23.7 Å². The maximum atomic E-state index is 13.0. The van der Waals surface area contributed by atoms with Crippen molar-refractivity contribution in [2.45, 2.75) is 24.9 Å². The minimum Gasteiger partial charge on any atom is -0.497 e. The first kappa shape index (κ1) is 22.9. The zero-order chi connectivity index (χ0) is 22.4. The molecule has 1 aliphatic heterocycles. The molecule has 2 aromatic rings. The van der Waals surface area contributed by atoms with Crippen LogP contribution in [0.2, 0.25) is 5.02 Å². The van der Waals surface area contributed by atoms with Crippen LogP contribution in [0.25, 0.3) is 0 Å². The molecule has 2 atom stereocenters. The van der Waals surface area contributed by atoms with Crippen LogP contribution in [0, 0.1) is 0 Å². The predicted octanol–water partition coefficient (Wildman–Crippen LogP) is 3.67. The predicted molar refractivity (Wildman–Crippen MR) is 121 cm³/mol. The molecule has 0 spiro atoms. The van der Waals surface area contributed by atoms with Gasteiger partial charge in [0.15, 0.2) is 6.10 Å². The molecule has 8 heteroatoms. The van der Waals surface area contributed by atoms with Crippen LogP contribution in [0.1, 0.15) is 23.5 Å². The summed E-state index contributed by atoms with van der Waals surface area (Å²) in [5.41, 5.74) is 2.43. The summed E-state index contributed by atoms with van der Waals surface area (Å²) in [7, 11) is 5.54. The van der Waals surface area contributed by atoms with Gasteiger partial charge in [-0.2, -0.15) is 0 Å². The van der Waals surface area contributed by atoms with Gasteiger partial charge in [-0.3, -0.25) is 4.79 Å². The minimum atomic E-state index is -0.992. The van der Waals surface area contributed by atoms with E-state index < -0.39 is 12.2 Å². The number of benzene rings is 2. The number of hydrogen-bond donors (Lipinski definition) is 2. The molecule has 0 fully saturated rings. The third kappa shape index (κ3) is 6.12. The zero-order valence-electron chi connectivity index (χ0n) is 18.0. The molecule has 0 aliphatic carbocycles. The molecular weight excluding hydrogens is 418 g/mol. The number of nitrogens with one attached hydrogen (secondary N) is 2.